The molecule has 2 amide bonds. The smallest absolute Gasteiger partial charge is 0.410 e. The Bertz CT molecular complexity index is 418. The van der Waals surface area contributed by atoms with E-state index in [0.29, 0.717) is 26.2 Å². The molecule has 7 heteroatoms. The van der Waals surface area contributed by atoms with E-state index in [4.69, 9.17) is 14.2 Å². The van der Waals surface area contributed by atoms with E-state index in [1.807, 2.05) is 41.5 Å². The van der Waals surface area contributed by atoms with E-state index in [9.17, 15) is 9.59 Å². The molecule has 0 aromatic rings. The van der Waals surface area contributed by atoms with Gasteiger partial charge >= 0.3 is 12.2 Å². The number of carbonyl (C=O) groups is 2. The van der Waals surface area contributed by atoms with Gasteiger partial charge in [-0.1, -0.05) is 0 Å². The minimum Gasteiger partial charge on any atom is -0.444 e. The van der Waals surface area contributed by atoms with E-state index in [2.05, 4.69) is 5.32 Å². The SMILES string of the molecule is CC(C)(C)OC(=O)NCCOC1CCN(C(=O)OC(C)(C)C)CC1. The first-order chi connectivity index (χ1) is 11.0. The molecule has 0 radical (unpaired) electrons. The van der Waals surface area contributed by atoms with Gasteiger partial charge in [-0.3, -0.25) is 0 Å². The maximum atomic E-state index is 12.0. The van der Waals surface area contributed by atoms with Gasteiger partial charge in [0.1, 0.15) is 11.2 Å². The monoisotopic (exact) mass is 344 g/mol. The fourth-order valence-corrected chi connectivity index (χ4v) is 2.22. The molecule has 1 aliphatic heterocycles. The number of piperidine rings is 1. The van der Waals surface area contributed by atoms with Crippen molar-refractivity contribution in [3.8, 4) is 0 Å². The molecule has 140 valence electrons. The molecule has 0 unspecified atom stereocenters. The maximum Gasteiger partial charge on any atom is 0.410 e. The van der Waals surface area contributed by atoms with Crippen LogP contribution < -0.4 is 5.32 Å². The standard InChI is InChI=1S/C17H32N2O5/c1-16(2,3)23-14(20)18-9-12-22-13-7-10-19(11-8-13)15(21)24-17(4,5)6/h13H,7-12H2,1-6H3,(H,18,20). The second kappa shape index (κ2) is 8.55. The number of nitrogens with one attached hydrogen (secondary N) is 1. The molecule has 1 saturated heterocycles. The zero-order valence-electron chi connectivity index (χ0n) is 15.8. The van der Waals surface area contributed by atoms with Crippen LogP contribution in [0.15, 0.2) is 0 Å². The summed E-state index contributed by atoms with van der Waals surface area (Å²) >= 11 is 0. The van der Waals surface area contributed by atoms with E-state index in [1.165, 1.54) is 0 Å². The number of nitrogens with zero attached hydrogens (tertiary/aromatic N) is 1. The first-order valence-electron chi connectivity index (χ1n) is 8.53. The first-order valence-corrected chi connectivity index (χ1v) is 8.53. The van der Waals surface area contributed by atoms with Crippen molar-refractivity contribution in [1.82, 2.24) is 10.2 Å². The summed E-state index contributed by atoms with van der Waals surface area (Å²) in [5.74, 6) is 0. The Balaban J connectivity index is 2.16. The lowest BCUT2D eigenvalue weighted by atomic mass is 10.1. The van der Waals surface area contributed by atoms with Crippen molar-refractivity contribution in [3.63, 3.8) is 0 Å². The van der Waals surface area contributed by atoms with Crippen LogP contribution in [0, 0.1) is 0 Å². The molecule has 1 rings (SSSR count). The van der Waals surface area contributed by atoms with E-state index in [0.717, 1.165) is 12.8 Å². The molecule has 1 fully saturated rings. The molecule has 24 heavy (non-hydrogen) atoms. The van der Waals surface area contributed by atoms with Crippen LogP contribution in [0.1, 0.15) is 54.4 Å². The molecule has 0 atom stereocenters. The summed E-state index contributed by atoms with van der Waals surface area (Å²) in [5.41, 5.74) is -0.975. The van der Waals surface area contributed by atoms with Gasteiger partial charge in [0.15, 0.2) is 0 Å². The van der Waals surface area contributed by atoms with Gasteiger partial charge in [-0.05, 0) is 54.4 Å². The van der Waals surface area contributed by atoms with Gasteiger partial charge in [0.25, 0.3) is 0 Å². The number of alkyl carbamates (subject to hydrolysis) is 1. The first kappa shape index (κ1) is 20.5. The molecule has 0 saturated carbocycles. The second-order valence-electron chi connectivity index (χ2n) is 7.97. The number of carbonyl (C=O) groups excluding carboxylic acids is 2. The lowest BCUT2D eigenvalue weighted by Crippen LogP contribution is -2.43. The highest BCUT2D eigenvalue weighted by Crippen LogP contribution is 2.17. The normalized spacial score (nSPS) is 16.7. The molecule has 7 nitrogen and oxygen atoms in total. The van der Waals surface area contributed by atoms with Crippen LogP contribution in [0.5, 0.6) is 0 Å². The average Bonchev–Trinajstić information content (AvgIpc) is 2.40. The predicted octanol–water partition coefficient (Wildman–Crippen LogP) is 2.93. The summed E-state index contributed by atoms with van der Waals surface area (Å²) in [6, 6.07) is 0. The molecular formula is C17H32N2O5. The van der Waals surface area contributed by atoms with E-state index in [1.54, 1.807) is 4.90 Å². The highest BCUT2D eigenvalue weighted by molar-refractivity contribution is 5.68. The number of amides is 2. The van der Waals surface area contributed by atoms with Crippen LogP contribution in [-0.4, -0.2) is 60.6 Å². The van der Waals surface area contributed by atoms with Gasteiger partial charge in [-0.15, -0.1) is 0 Å². The maximum absolute atomic E-state index is 12.0. The van der Waals surface area contributed by atoms with E-state index < -0.39 is 17.3 Å². The quantitative estimate of drug-likeness (QED) is 0.794. The van der Waals surface area contributed by atoms with Gasteiger partial charge in [-0.2, -0.15) is 0 Å². The van der Waals surface area contributed by atoms with Crippen molar-refractivity contribution in [2.75, 3.05) is 26.2 Å². The fraction of sp³-hybridized carbons (Fsp3) is 0.882. The lowest BCUT2D eigenvalue weighted by molar-refractivity contribution is -0.0114. The van der Waals surface area contributed by atoms with Crippen LogP contribution in [0.3, 0.4) is 0 Å². The van der Waals surface area contributed by atoms with Gasteiger partial charge < -0.3 is 24.4 Å². The van der Waals surface area contributed by atoms with E-state index in [-0.39, 0.29) is 12.2 Å². The van der Waals surface area contributed by atoms with Gasteiger partial charge in [-0.25, -0.2) is 9.59 Å². The Morgan fingerprint density at radius 2 is 1.54 bits per heavy atom. The fourth-order valence-electron chi connectivity index (χ4n) is 2.22. The van der Waals surface area contributed by atoms with Crippen LogP contribution in [0.25, 0.3) is 0 Å². The van der Waals surface area contributed by atoms with Crippen molar-refractivity contribution >= 4 is 12.2 Å². The zero-order chi connectivity index (χ0) is 18.4. The lowest BCUT2D eigenvalue weighted by Gasteiger charge is -2.33. The third kappa shape index (κ3) is 8.96. The zero-order valence-corrected chi connectivity index (χ0v) is 15.8. The van der Waals surface area contributed by atoms with Crippen molar-refractivity contribution < 1.29 is 23.8 Å². The van der Waals surface area contributed by atoms with Crippen molar-refractivity contribution in [3.05, 3.63) is 0 Å². The van der Waals surface area contributed by atoms with Gasteiger partial charge in [0.05, 0.1) is 12.7 Å². The van der Waals surface area contributed by atoms with Gasteiger partial charge in [0, 0.05) is 19.6 Å². The number of hydrogen-bond donors (Lipinski definition) is 1. The topological polar surface area (TPSA) is 77.1 Å². The largest absolute Gasteiger partial charge is 0.444 e. The van der Waals surface area contributed by atoms with Crippen LogP contribution in [0.2, 0.25) is 0 Å². The molecule has 1 N–H and O–H groups in total. The third-order valence-corrected chi connectivity index (χ3v) is 3.22. The molecule has 0 spiro atoms. The van der Waals surface area contributed by atoms with Crippen molar-refractivity contribution in [2.45, 2.75) is 71.7 Å². The molecule has 1 aliphatic rings. The molecular weight excluding hydrogens is 312 g/mol. The number of rotatable bonds is 4. The van der Waals surface area contributed by atoms with Crippen LogP contribution in [-0.2, 0) is 14.2 Å². The highest BCUT2D eigenvalue weighted by Gasteiger charge is 2.27. The second-order valence-corrected chi connectivity index (χ2v) is 7.97. The Labute approximate surface area is 145 Å². The summed E-state index contributed by atoms with van der Waals surface area (Å²) in [4.78, 5) is 25.2. The molecule has 1 heterocycles. The molecule has 0 aromatic carbocycles. The summed E-state index contributed by atoms with van der Waals surface area (Å²) < 4.78 is 16.3. The third-order valence-electron chi connectivity index (χ3n) is 3.22. The van der Waals surface area contributed by atoms with Crippen LogP contribution >= 0.6 is 0 Å². The number of likely N-dealkylation sites (tertiary alicyclic amines) is 1. The summed E-state index contributed by atoms with van der Waals surface area (Å²) in [7, 11) is 0. The average molecular weight is 344 g/mol. The van der Waals surface area contributed by atoms with Crippen molar-refractivity contribution in [1.29, 1.82) is 0 Å². The van der Waals surface area contributed by atoms with Crippen molar-refractivity contribution in [2.24, 2.45) is 0 Å². The minimum absolute atomic E-state index is 0.101. The Morgan fingerprint density at radius 3 is 2.04 bits per heavy atom. The minimum atomic E-state index is -0.501. The summed E-state index contributed by atoms with van der Waals surface area (Å²) in [6.45, 7) is 13.1. The Morgan fingerprint density at radius 1 is 1.00 bits per heavy atom. The summed E-state index contributed by atoms with van der Waals surface area (Å²) in [6.07, 6.45) is 0.930. The summed E-state index contributed by atoms with van der Waals surface area (Å²) in [5, 5.41) is 2.66. The Kier molecular flexibility index (Phi) is 7.32. The molecule has 0 bridgehead atoms. The number of hydrogen-bond acceptors (Lipinski definition) is 5. The highest BCUT2D eigenvalue weighted by atomic mass is 16.6. The predicted molar refractivity (Wildman–Crippen MR) is 91.0 cm³/mol. The Hall–Kier alpha value is -1.50. The number of ether oxygens (including phenoxy) is 3. The van der Waals surface area contributed by atoms with Crippen LogP contribution in [0.4, 0.5) is 9.59 Å². The van der Waals surface area contributed by atoms with Gasteiger partial charge in [0.2, 0.25) is 0 Å². The molecule has 0 aromatic heterocycles. The van der Waals surface area contributed by atoms with E-state index >= 15 is 0 Å². The molecule has 0 aliphatic carbocycles.